The third-order valence-corrected chi connectivity index (χ3v) is 4.51. The lowest BCUT2D eigenvalue weighted by atomic mass is 9.80. The van der Waals surface area contributed by atoms with Crippen LogP contribution in [0.25, 0.3) is 0 Å². The van der Waals surface area contributed by atoms with E-state index in [1.807, 2.05) is 24.3 Å². The van der Waals surface area contributed by atoms with Gasteiger partial charge < -0.3 is 4.74 Å². The fraction of sp³-hybridized carbons (Fsp3) is 0.167. The van der Waals surface area contributed by atoms with E-state index in [1.54, 1.807) is 0 Å². The van der Waals surface area contributed by atoms with E-state index in [-0.39, 0.29) is 5.92 Å². The largest absolute Gasteiger partial charge is 0.360 e. The summed E-state index contributed by atoms with van der Waals surface area (Å²) < 4.78 is 6.67. The minimum atomic E-state index is -0.638. The van der Waals surface area contributed by atoms with E-state index in [9.17, 15) is 0 Å². The van der Waals surface area contributed by atoms with E-state index >= 15 is 0 Å². The Hall–Kier alpha value is -2.64. The average Bonchev–Trinajstić information content (AvgIpc) is 2.71. The summed E-state index contributed by atoms with van der Waals surface area (Å²) in [4.78, 5) is 0. The van der Waals surface area contributed by atoms with Crippen molar-refractivity contribution in [3.05, 3.63) is 120 Å². The zero-order chi connectivity index (χ0) is 17.5. The first-order valence-electron chi connectivity index (χ1n) is 8.70. The molecule has 0 N–H and O–H groups in total. The molecule has 0 amide bonds. The zero-order valence-corrected chi connectivity index (χ0v) is 14.6. The van der Waals surface area contributed by atoms with Gasteiger partial charge in [-0.1, -0.05) is 104 Å². The van der Waals surface area contributed by atoms with Crippen molar-refractivity contribution in [3.8, 4) is 0 Å². The Morgan fingerprint density at radius 2 is 1.12 bits per heavy atom. The first kappa shape index (κ1) is 17.2. The van der Waals surface area contributed by atoms with Crippen LogP contribution in [0.2, 0.25) is 0 Å². The van der Waals surface area contributed by atoms with Gasteiger partial charge in [-0.2, -0.15) is 0 Å². The number of ether oxygens (including phenoxy) is 1. The minimum absolute atomic E-state index is 0.274. The molecule has 1 heteroatoms. The number of rotatable bonds is 7. The van der Waals surface area contributed by atoms with Gasteiger partial charge in [0.05, 0.1) is 6.61 Å². The summed E-state index contributed by atoms with van der Waals surface area (Å²) in [5.41, 5.74) is 2.75. The molecule has 0 saturated heterocycles. The van der Waals surface area contributed by atoms with Gasteiger partial charge in [0.2, 0.25) is 0 Å². The molecule has 0 radical (unpaired) electrons. The van der Waals surface area contributed by atoms with E-state index in [0.29, 0.717) is 6.61 Å². The summed E-state index contributed by atoms with van der Waals surface area (Å²) in [6, 6.07) is 31.3. The Labute approximate surface area is 150 Å². The third-order valence-electron chi connectivity index (χ3n) is 4.51. The lowest BCUT2D eigenvalue weighted by Gasteiger charge is -2.36. The average molecular weight is 328 g/mol. The molecule has 0 aromatic heterocycles. The molecule has 0 aliphatic rings. The van der Waals surface area contributed by atoms with Crippen molar-refractivity contribution in [2.45, 2.75) is 12.5 Å². The molecule has 3 aromatic rings. The van der Waals surface area contributed by atoms with Crippen molar-refractivity contribution >= 4 is 0 Å². The fourth-order valence-electron chi connectivity index (χ4n) is 3.09. The van der Waals surface area contributed by atoms with Crippen LogP contribution in [0.3, 0.4) is 0 Å². The molecule has 0 saturated carbocycles. The van der Waals surface area contributed by atoms with Crippen molar-refractivity contribution in [3.63, 3.8) is 0 Å². The maximum Gasteiger partial charge on any atom is 0.143 e. The molecule has 3 aromatic carbocycles. The molecule has 25 heavy (non-hydrogen) atoms. The van der Waals surface area contributed by atoms with E-state index in [1.165, 1.54) is 0 Å². The second-order valence-corrected chi connectivity index (χ2v) is 6.30. The number of benzene rings is 3. The van der Waals surface area contributed by atoms with Crippen molar-refractivity contribution < 1.29 is 4.74 Å². The lowest BCUT2D eigenvalue weighted by Crippen LogP contribution is -2.34. The van der Waals surface area contributed by atoms with E-state index in [0.717, 1.165) is 16.7 Å². The molecular weight excluding hydrogens is 304 g/mol. The standard InChI is InChI=1S/C24H24O/c1-3-20(2)19-25-24(21-13-7-4-8-14-21,22-15-9-5-10-16-22)23-17-11-6-12-18-23/h3-18,20H,1,19H2,2H3/t20-/m1/s1. The molecule has 0 aliphatic carbocycles. The molecule has 0 bridgehead atoms. The Kier molecular flexibility index (Phi) is 5.47. The summed E-state index contributed by atoms with van der Waals surface area (Å²) in [7, 11) is 0. The van der Waals surface area contributed by atoms with Crippen LogP contribution in [-0.2, 0) is 10.3 Å². The lowest BCUT2D eigenvalue weighted by molar-refractivity contribution is 0.00189. The maximum absolute atomic E-state index is 6.67. The molecule has 1 nitrogen and oxygen atoms in total. The van der Waals surface area contributed by atoms with Crippen LogP contribution in [0.15, 0.2) is 104 Å². The molecule has 126 valence electrons. The monoisotopic (exact) mass is 328 g/mol. The minimum Gasteiger partial charge on any atom is -0.360 e. The SMILES string of the molecule is C=C[C@@H](C)COC(c1ccccc1)(c1ccccc1)c1ccccc1. The van der Waals surface area contributed by atoms with Gasteiger partial charge in [0.15, 0.2) is 0 Å². The van der Waals surface area contributed by atoms with Crippen molar-refractivity contribution in [1.82, 2.24) is 0 Å². The van der Waals surface area contributed by atoms with Crippen LogP contribution in [-0.4, -0.2) is 6.61 Å². The quantitative estimate of drug-likeness (QED) is 0.392. The van der Waals surface area contributed by atoms with Gasteiger partial charge in [-0.3, -0.25) is 0 Å². The van der Waals surface area contributed by atoms with E-state index < -0.39 is 5.60 Å². The van der Waals surface area contributed by atoms with Gasteiger partial charge in [0, 0.05) is 0 Å². The normalized spacial score (nSPS) is 12.5. The highest BCUT2D eigenvalue weighted by atomic mass is 16.5. The Bertz CT molecular complexity index is 681. The van der Waals surface area contributed by atoms with Crippen molar-refractivity contribution in [2.24, 2.45) is 5.92 Å². The van der Waals surface area contributed by atoms with Crippen LogP contribution in [0.4, 0.5) is 0 Å². The van der Waals surface area contributed by atoms with Crippen molar-refractivity contribution in [2.75, 3.05) is 6.61 Å². The van der Waals surface area contributed by atoms with Crippen molar-refractivity contribution in [1.29, 1.82) is 0 Å². The molecular formula is C24H24O. The Morgan fingerprint density at radius 1 is 0.760 bits per heavy atom. The van der Waals surface area contributed by atoms with Crippen LogP contribution in [0.1, 0.15) is 23.6 Å². The Balaban J connectivity index is 2.22. The highest BCUT2D eigenvalue weighted by molar-refractivity contribution is 5.47. The second-order valence-electron chi connectivity index (χ2n) is 6.30. The fourth-order valence-corrected chi connectivity index (χ4v) is 3.09. The summed E-state index contributed by atoms with van der Waals surface area (Å²) >= 11 is 0. The summed E-state index contributed by atoms with van der Waals surface area (Å²) in [5, 5.41) is 0. The first-order valence-corrected chi connectivity index (χ1v) is 8.70. The molecule has 0 spiro atoms. The second kappa shape index (κ2) is 7.96. The molecule has 1 atom stereocenters. The topological polar surface area (TPSA) is 9.23 Å². The molecule has 0 fully saturated rings. The van der Waals surface area contributed by atoms with Gasteiger partial charge in [-0.25, -0.2) is 0 Å². The van der Waals surface area contributed by atoms with Gasteiger partial charge in [-0.15, -0.1) is 6.58 Å². The Morgan fingerprint density at radius 3 is 1.44 bits per heavy atom. The maximum atomic E-state index is 6.67. The van der Waals surface area contributed by atoms with Gasteiger partial charge >= 0.3 is 0 Å². The summed E-state index contributed by atoms with van der Waals surface area (Å²) in [6.45, 7) is 6.62. The highest BCUT2D eigenvalue weighted by Crippen LogP contribution is 2.40. The molecule has 3 rings (SSSR count). The third kappa shape index (κ3) is 3.57. The first-order chi connectivity index (χ1) is 12.3. The van der Waals surface area contributed by atoms with Gasteiger partial charge in [-0.05, 0) is 22.6 Å². The van der Waals surface area contributed by atoms with Gasteiger partial charge in [0.1, 0.15) is 5.60 Å². The van der Waals surface area contributed by atoms with E-state index in [4.69, 9.17) is 4.74 Å². The number of hydrogen-bond acceptors (Lipinski definition) is 1. The molecule has 0 aliphatic heterocycles. The number of hydrogen-bond donors (Lipinski definition) is 0. The van der Waals surface area contributed by atoms with Crippen LogP contribution in [0.5, 0.6) is 0 Å². The molecule has 0 heterocycles. The van der Waals surface area contributed by atoms with Crippen LogP contribution >= 0.6 is 0 Å². The predicted octanol–water partition coefficient (Wildman–Crippen LogP) is 5.82. The van der Waals surface area contributed by atoms with Gasteiger partial charge in [0.25, 0.3) is 0 Å². The predicted molar refractivity (Wildman–Crippen MR) is 105 cm³/mol. The van der Waals surface area contributed by atoms with E-state index in [2.05, 4.69) is 86.3 Å². The summed E-state index contributed by atoms with van der Waals surface area (Å²) in [5.74, 6) is 0.274. The van der Waals surface area contributed by atoms with Crippen LogP contribution < -0.4 is 0 Å². The summed E-state index contributed by atoms with van der Waals surface area (Å²) in [6.07, 6.45) is 1.94. The van der Waals surface area contributed by atoms with Crippen LogP contribution in [0, 0.1) is 5.92 Å². The molecule has 0 unspecified atom stereocenters. The smallest absolute Gasteiger partial charge is 0.143 e. The zero-order valence-electron chi connectivity index (χ0n) is 14.6. The highest BCUT2D eigenvalue weighted by Gasteiger charge is 2.37.